The Morgan fingerprint density at radius 2 is 1.89 bits per heavy atom. The van der Waals surface area contributed by atoms with Crippen LogP contribution in [0.5, 0.6) is 5.75 Å². The second-order valence-electron chi connectivity index (χ2n) is 8.11. The number of pyridine rings is 1. The van der Waals surface area contributed by atoms with E-state index in [0.29, 0.717) is 17.7 Å². The van der Waals surface area contributed by atoms with Gasteiger partial charge in [0.05, 0.1) is 5.69 Å². The first-order valence-corrected chi connectivity index (χ1v) is 10.1. The molecule has 3 rings (SSSR count). The summed E-state index contributed by atoms with van der Waals surface area (Å²) in [6, 6.07) is 3.18. The predicted octanol–water partition coefficient (Wildman–Crippen LogP) is 3.27. The summed E-state index contributed by atoms with van der Waals surface area (Å²) in [4.78, 5) is 24.5. The van der Waals surface area contributed by atoms with E-state index < -0.39 is 76.8 Å². The average molecular weight is 526 g/mol. The molecule has 0 unspecified atom stereocenters. The van der Waals surface area contributed by atoms with Gasteiger partial charge in [0.25, 0.3) is 5.91 Å². The molecule has 1 aromatic heterocycles. The van der Waals surface area contributed by atoms with Gasteiger partial charge >= 0.3 is 24.4 Å². The normalized spacial score (nSPS) is 24.1. The number of ether oxygens (including phenoxy) is 2. The average Bonchev–Trinajstić information content (AvgIpc) is 3.04. The molecule has 8 nitrogen and oxygen atoms in total. The number of halogens is 7. The van der Waals surface area contributed by atoms with Crippen LogP contribution in [0.3, 0.4) is 0 Å². The zero-order valence-corrected chi connectivity index (χ0v) is 18.4. The first-order chi connectivity index (χ1) is 16.6. The van der Waals surface area contributed by atoms with Crippen molar-refractivity contribution in [2.75, 3.05) is 5.32 Å². The number of rotatable bonds is 6. The van der Waals surface area contributed by atoms with Crippen LogP contribution < -0.4 is 20.5 Å². The smallest absolute Gasteiger partial charge is 0.417 e. The molecule has 0 aliphatic carbocycles. The maximum absolute atomic E-state index is 14.4. The number of amides is 2. The fraction of sp³-hybridized carbons (Fsp3) is 0.381. The summed E-state index contributed by atoms with van der Waals surface area (Å²) >= 11 is 0. The second-order valence-corrected chi connectivity index (χ2v) is 8.11. The van der Waals surface area contributed by atoms with Crippen molar-refractivity contribution in [1.29, 1.82) is 0 Å². The zero-order valence-electron chi connectivity index (χ0n) is 18.4. The summed E-state index contributed by atoms with van der Waals surface area (Å²) < 4.78 is 105. The highest BCUT2D eigenvalue weighted by Gasteiger charge is 2.66. The number of anilines is 1. The maximum atomic E-state index is 14.4. The van der Waals surface area contributed by atoms with Crippen molar-refractivity contribution in [2.45, 2.75) is 44.3 Å². The summed E-state index contributed by atoms with van der Waals surface area (Å²) in [5.74, 6) is -10.7. The molecule has 2 aromatic rings. The molecule has 4 atom stereocenters. The Balaban J connectivity index is 2.11. The van der Waals surface area contributed by atoms with Crippen molar-refractivity contribution in [2.24, 2.45) is 11.7 Å². The van der Waals surface area contributed by atoms with Crippen LogP contribution in [0.25, 0.3) is 0 Å². The highest BCUT2D eigenvalue weighted by molar-refractivity contribution is 5.97. The lowest BCUT2D eigenvalue weighted by Crippen LogP contribution is -2.47. The van der Waals surface area contributed by atoms with Crippen LogP contribution in [-0.4, -0.2) is 41.5 Å². The van der Waals surface area contributed by atoms with E-state index in [1.807, 2.05) is 0 Å². The maximum Gasteiger partial charge on any atom is 0.417 e. The molecule has 1 saturated heterocycles. The van der Waals surface area contributed by atoms with Crippen LogP contribution in [0.15, 0.2) is 30.5 Å². The Kier molecular flexibility index (Phi) is 7.08. The molecule has 196 valence electrons. The quantitative estimate of drug-likeness (QED) is 0.304. The highest BCUT2D eigenvalue weighted by atomic mass is 19.4. The molecule has 0 spiro atoms. The number of hydrogen-bond acceptors (Lipinski definition) is 5. The first-order valence-electron chi connectivity index (χ1n) is 10.1. The standard InChI is InChI=1S/C21H18F7N3O5/c1-8-13(10-3-4-11(22)14(23)15(10)35-19(24)25)16(36-20(8,2)21(26,27)28)18(33)30-9-5-6-31(34)12(7-9)17(29)32/h3-8,13,16,19,34H,1-2H3,(H2,29,32)/p+1/t8-,13-,16-,20+/m0/s1. The van der Waals surface area contributed by atoms with Gasteiger partial charge in [0.1, 0.15) is 6.10 Å². The van der Waals surface area contributed by atoms with Gasteiger partial charge in [-0.1, -0.05) is 13.0 Å². The summed E-state index contributed by atoms with van der Waals surface area (Å²) in [6.07, 6.45) is -6.25. The molecule has 0 radical (unpaired) electrons. The van der Waals surface area contributed by atoms with Gasteiger partial charge in [0.15, 0.2) is 17.2 Å². The van der Waals surface area contributed by atoms with Crippen molar-refractivity contribution < 1.29 is 59.7 Å². The Labute approximate surface area is 198 Å². The van der Waals surface area contributed by atoms with Gasteiger partial charge in [-0.25, -0.2) is 4.39 Å². The Morgan fingerprint density at radius 1 is 1.25 bits per heavy atom. The molecule has 2 heterocycles. The Hall–Kier alpha value is -3.62. The lowest BCUT2D eigenvalue weighted by Gasteiger charge is -2.32. The Bertz CT molecular complexity index is 1190. The van der Waals surface area contributed by atoms with Crippen LogP contribution in [0.4, 0.5) is 36.4 Å². The summed E-state index contributed by atoms with van der Waals surface area (Å²) in [5.41, 5.74) is 0.713. The van der Waals surface area contributed by atoms with Crippen molar-refractivity contribution in [3.05, 3.63) is 53.4 Å². The van der Waals surface area contributed by atoms with Crippen LogP contribution in [0.1, 0.15) is 35.8 Å². The SMILES string of the molecule is C[C@H]1[C@@H](c2ccc(F)c(F)c2OC(F)F)[C@@H](C(=O)Nc2cc[n+](O)c(C(N)=O)c2)O[C@@]1(C)C(F)(F)F. The number of carbonyl (C=O) groups is 2. The molecule has 15 heteroatoms. The summed E-state index contributed by atoms with van der Waals surface area (Å²) in [6.45, 7) is -2.05. The topological polar surface area (TPSA) is 115 Å². The first kappa shape index (κ1) is 27.0. The molecule has 1 fully saturated rings. The number of nitrogens with one attached hydrogen (secondary N) is 1. The van der Waals surface area contributed by atoms with E-state index in [1.54, 1.807) is 0 Å². The van der Waals surface area contributed by atoms with E-state index in [2.05, 4.69) is 10.1 Å². The molecule has 2 amide bonds. The van der Waals surface area contributed by atoms with Gasteiger partial charge in [-0.05, 0) is 13.0 Å². The van der Waals surface area contributed by atoms with E-state index in [-0.39, 0.29) is 5.69 Å². The molecular formula is C21H19F7N3O5+. The van der Waals surface area contributed by atoms with Gasteiger partial charge < -0.3 is 20.5 Å². The highest BCUT2D eigenvalue weighted by Crippen LogP contribution is 2.55. The molecule has 4 N–H and O–H groups in total. The predicted molar refractivity (Wildman–Crippen MR) is 105 cm³/mol. The van der Waals surface area contributed by atoms with Gasteiger partial charge in [-0.3, -0.25) is 14.8 Å². The molecule has 1 aliphatic rings. The number of hydrogen-bond donors (Lipinski definition) is 3. The molecule has 36 heavy (non-hydrogen) atoms. The molecular weight excluding hydrogens is 507 g/mol. The zero-order chi connectivity index (χ0) is 27.2. The lowest BCUT2D eigenvalue weighted by molar-refractivity contribution is -0.905. The second kappa shape index (κ2) is 9.44. The van der Waals surface area contributed by atoms with Gasteiger partial charge in [0, 0.05) is 34.3 Å². The fourth-order valence-electron chi connectivity index (χ4n) is 4.01. The third-order valence-electron chi connectivity index (χ3n) is 6.03. The van der Waals surface area contributed by atoms with Crippen LogP contribution in [0.2, 0.25) is 0 Å². The number of nitrogens with zero attached hydrogens (tertiary/aromatic N) is 1. The van der Waals surface area contributed by atoms with Crippen LogP contribution in [-0.2, 0) is 9.53 Å². The molecule has 0 saturated carbocycles. The fourth-order valence-corrected chi connectivity index (χ4v) is 4.01. The minimum absolute atomic E-state index is 0.205. The number of aromatic nitrogens is 1. The number of alkyl halides is 5. The van der Waals surface area contributed by atoms with Crippen molar-refractivity contribution in [3.63, 3.8) is 0 Å². The van der Waals surface area contributed by atoms with E-state index in [4.69, 9.17) is 10.5 Å². The molecule has 1 aliphatic heterocycles. The number of benzene rings is 1. The summed E-state index contributed by atoms with van der Waals surface area (Å²) in [7, 11) is 0. The number of carbonyl (C=O) groups excluding carboxylic acids is 2. The van der Waals surface area contributed by atoms with Crippen LogP contribution in [0, 0.1) is 17.6 Å². The Morgan fingerprint density at radius 3 is 2.44 bits per heavy atom. The van der Waals surface area contributed by atoms with Gasteiger partial charge in [-0.2, -0.15) is 26.3 Å². The number of primary amides is 1. The third-order valence-corrected chi connectivity index (χ3v) is 6.03. The lowest BCUT2D eigenvalue weighted by atomic mass is 9.77. The van der Waals surface area contributed by atoms with E-state index in [9.17, 15) is 45.5 Å². The van der Waals surface area contributed by atoms with E-state index in [1.165, 1.54) is 0 Å². The minimum atomic E-state index is -5.07. The van der Waals surface area contributed by atoms with E-state index >= 15 is 0 Å². The monoisotopic (exact) mass is 526 g/mol. The van der Waals surface area contributed by atoms with Gasteiger partial charge in [0.2, 0.25) is 12.0 Å². The van der Waals surface area contributed by atoms with Gasteiger partial charge in [-0.15, -0.1) is 0 Å². The van der Waals surface area contributed by atoms with Crippen molar-refractivity contribution >= 4 is 17.5 Å². The minimum Gasteiger partial charge on any atom is -0.431 e. The third kappa shape index (κ3) is 4.74. The van der Waals surface area contributed by atoms with Crippen molar-refractivity contribution in [3.8, 4) is 5.75 Å². The largest absolute Gasteiger partial charge is 0.431 e. The van der Waals surface area contributed by atoms with Crippen molar-refractivity contribution in [1.82, 2.24) is 0 Å². The van der Waals surface area contributed by atoms with E-state index in [0.717, 1.165) is 31.3 Å². The molecule has 1 aromatic carbocycles. The number of nitrogens with two attached hydrogens (primary N) is 1. The molecule has 0 bridgehead atoms. The van der Waals surface area contributed by atoms with Crippen LogP contribution >= 0.6 is 0 Å². The summed E-state index contributed by atoms with van der Waals surface area (Å²) in [5, 5.41) is 11.8.